The third-order valence-electron chi connectivity index (χ3n) is 3.28. The van der Waals surface area contributed by atoms with E-state index >= 15 is 0 Å². The molecule has 4 atom stereocenters. The van der Waals surface area contributed by atoms with E-state index in [1.54, 1.807) is 13.8 Å². The molecule has 0 aliphatic heterocycles. The smallest absolute Gasteiger partial charge is 0.0938 e. The van der Waals surface area contributed by atoms with Gasteiger partial charge in [0.1, 0.15) is 0 Å². The van der Waals surface area contributed by atoms with Gasteiger partial charge in [0.15, 0.2) is 0 Å². The van der Waals surface area contributed by atoms with E-state index in [4.69, 9.17) is 11.5 Å². The highest BCUT2D eigenvalue weighted by molar-refractivity contribution is 5.85. The van der Waals surface area contributed by atoms with Crippen LogP contribution in [0.5, 0.6) is 0 Å². The first-order valence-corrected chi connectivity index (χ1v) is 7.40. The molecule has 0 aromatic heterocycles. The summed E-state index contributed by atoms with van der Waals surface area (Å²) in [4.78, 5) is 0. The maximum absolute atomic E-state index is 9.47. The monoisotopic (exact) mass is 338 g/mol. The van der Waals surface area contributed by atoms with Crippen molar-refractivity contribution in [1.82, 2.24) is 0 Å². The summed E-state index contributed by atoms with van der Waals surface area (Å²) < 4.78 is 0. The third-order valence-corrected chi connectivity index (χ3v) is 3.28. The molecule has 2 aromatic rings. The van der Waals surface area contributed by atoms with Gasteiger partial charge in [-0.15, -0.1) is 12.4 Å². The second-order valence-corrected chi connectivity index (χ2v) is 5.43. The minimum absolute atomic E-state index is 0. The van der Waals surface area contributed by atoms with Gasteiger partial charge in [0.2, 0.25) is 0 Å². The van der Waals surface area contributed by atoms with Gasteiger partial charge < -0.3 is 21.7 Å². The van der Waals surface area contributed by atoms with Crippen LogP contribution in [0, 0.1) is 0 Å². The molecule has 5 heteroatoms. The summed E-state index contributed by atoms with van der Waals surface area (Å²) in [7, 11) is 0. The summed E-state index contributed by atoms with van der Waals surface area (Å²) >= 11 is 0. The molecule has 0 bridgehead atoms. The molecular weight excluding hydrogens is 312 g/mol. The molecule has 6 N–H and O–H groups in total. The number of hydrogen-bond acceptors (Lipinski definition) is 4. The summed E-state index contributed by atoms with van der Waals surface area (Å²) in [5.74, 6) is 0. The first-order valence-electron chi connectivity index (χ1n) is 7.40. The maximum Gasteiger partial charge on any atom is 0.0938 e. The van der Waals surface area contributed by atoms with Crippen LogP contribution in [0.4, 0.5) is 0 Å². The fourth-order valence-corrected chi connectivity index (χ4v) is 1.91. The Labute approximate surface area is 144 Å². The van der Waals surface area contributed by atoms with Crippen molar-refractivity contribution >= 4 is 12.4 Å². The van der Waals surface area contributed by atoms with Crippen LogP contribution in [0.25, 0.3) is 0 Å². The summed E-state index contributed by atoms with van der Waals surface area (Å²) in [5.41, 5.74) is 12.8. The molecule has 0 spiro atoms. The minimum Gasteiger partial charge on any atom is -0.387 e. The van der Waals surface area contributed by atoms with Crippen molar-refractivity contribution in [3.05, 3.63) is 71.8 Å². The average molecular weight is 339 g/mol. The van der Waals surface area contributed by atoms with Crippen molar-refractivity contribution in [1.29, 1.82) is 0 Å². The van der Waals surface area contributed by atoms with Crippen LogP contribution in [0.1, 0.15) is 37.2 Å². The van der Waals surface area contributed by atoms with Crippen LogP contribution in [-0.4, -0.2) is 22.3 Å². The molecule has 0 saturated carbocycles. The van der Waals surface area contributed by atoms with E-state index in [1.807, 2.05) is 60.7 Å². The quantitative estimate of drug-likeness (QED) is 0.689. The van der Waals surface area contributed by atoms with Gasteiger partial charge >= 0.3 is 0 Å². The van der Waals surface area contributed by atoms with E-state index in [2.05, 4.69) is 0 Å². The Morgan fingerprint density at radius 2 is 0.913 bits per heavy atom. The molecule has 0 saturated heterocycles. The molecule has 0 aliphatic carbocycles. The van der Waals surface area contributed by atoms with E-state index in [0.29, 0.717) is 0 Å². The van der Waals surface area contributed by atoms with E-state index in [9.17, 15) is 10.2 Å². The summed E-state index contributed by atoms with van der Waals surface area (Å²) in [5, 5.41) is 18.9. The topological polar surface area (TPSA) is 92.5 Å². The largest absolute Gasteiger partial charge is 0.387 e. The molecule has 4 nitrogen and oxygen atoms in total. The molecule has 2 aromatic carbocycles. The van der Waals surface area contributed by atoms with Crippen LogP contribution < -0.4 is 11.5 Å². The molecule has 0 amide bonds. The number of halogens is 1. The number of nitrogens with two attached hydrogens (primary N) is 2. The molecule has 0 aliphatic rings. The van der Waals surface area contributed by atoms with E-state index in [-0.39, 0.29) is 24.5 Å². The van der Waals surface area contributed by atoms with Gasteiger partial charge in [-0.2, -0.15) is 0 Å². The number of rotatable bonds is 4. The Balaban J connectivity index is 0.000000403. The predicted octanol–water partition coefficient (Wildman–Crippen LogP) is 2.56. The minimum atomic E-state index is -0.545. The third kappa shape index (κ3) is 7.59. The Kier molecular flexibility index (Phi) is 10.5. The average Bonchev–Trinajstić information content (AvgIpc) is 2.55. The Bertz CT molecular complexity index is 472. The van der Waals surface area contributed by atoms with Crippen LogP contribution in [-0.2, 0) is 0 Å². The van der Waals surface area contributed by atoms with Crippen molar-refractivity contribution in [2.75, 3.05) is 0 Å². The SMILES string of the molecule is C[C@@H](N)[C@@H](O)c1ccccc1.C[C@@H](N)[C@@H](O)c1ccccc1.Cl. The lowest BCUT2D eigenvalue weighted by Crippen LogP contribution is -2.24. The lowest BCUT2D eigenvalue weighted by Gasteiger charge is -2.13. The lowest BCUT2D eigenvalue weighted by atomic mass is 10.0. The molecule has 0 fully saturated rings. The zero-order chi connectivity index (χ0) is 16.5. The van der Waals surface area contributed by atoms with Gasteiger partial charge in [-0.25, -0.2) is 0 Å². The highest BCUT2D eigenvalue weighted by atomic mass is 35.5. The Morgan fingerprint density at radius 1 is 0.652 bits per heavy atom. The number of aliphatic hydroxyl groups excluding tert-OH is 2. The molecule has 0 unspecified atom stereocenters. The molecule has 23 heavy (non-hydrogen) atoms. The predicted molar refractivity (Wildman–Crippen MR) is 97.4 cm³/mol. The van der Waals surface area contributed by atoms with E-state index in [0.717, 1.165) is 11.1 Å². The van der Waals surface area contributed by atoms with Crippen LogP contribution in [0.2, 0.25) is 0 Å². The van der Waals surface area contributed by atoms with Gasteiger partial charge in [-0.05, 0) is 25.0 Å². The normalized spacial score (nSPS) is 15.2. The van der Waals surface area contributed by atoms with Crippen molar-refractivity contribution in [2.45, 2.75) is 38.1 Å². The summed E-state index contributed by atoms with van der Waals surface area (Å²) in [6.45, 7) is 3.58. The highest BCUT2D eigenvalue weighted by Crippen LogP contribution is 2.14. The lowest BCUT2D eigenvalue weighted by molar-refractivity contribution is 0.153. The van der Waals surface area contributed by atoms with E-state index in [1.165, 1.54) is 0 Å². The molecule has 0 heterocycles. The highest BCUT2D eigenvalue weighted by Gasteiger charge is 2.11. The van der Waals surface area contributed by atoms with Gasteiger partial charge in [0.05, 0.1) is 12.2 Å². The standard InChI is InChI=1S/2C9H13NO.ClH/c2*1-7(10)9(11)8-5-3-2-4-6-8;/h2*2-7,9,11H,10H2,1H3;1H/t2*7-,9-;/m11./s1. The Morgan fingerprint density at radius 3 is 1.13 bits per heavy atom. The first kappa shape index (κ1) is 21.6. The molecule has 128 valence electrons. The Hall–Kier alpha value is -1.43. The second kappa shape index (κ2) is 11.2. The van der Waals surface area contributed by atoms with Crippen LogP contribution in [0.15, 0.2) is 60.7 Å². The molecular formula is C18H27ClN2O2. The number of aliphatic hydroxyl groups is 2. The van der Waals surface area contributed by atoms with Gasteiger partial charge in [-0.3, -0.25) is 0 Å². The van der Waals surface area contributed by atoms with Gasteiger partial charge in [0.25, 0.3) is 0 Å². The van der Waals surface area contributed by atoms with Crippen LogP contribution in [0.3, 0.4) is 0 Å². The molecule has 0 radical (unpaired) electrons. The van der Waals surface area contributed by atoms with Crippen molar-refractivity contribution in [3.8, 4) is 0 Å². The second-order valence-electron chi connectivity index (χ2n) is 5.43. The fourth-order valence-electron chi connectivity index (χ4n) is 1.91. The fraction of sp³-hybridized carbons (Fsp3) is 0.333. The van der Waals surface area contributed by atoms with Crippen LogP contribution >= 0.6 is 12.4 Å². The van der Waals surface area contributed by atoms with Gasteiger partial charge in [-0.1, -0.05) is 60.7 Å². The van der Waals surface area contributed by atoms with Crippen molar-refractivity contribution < 1.29 is 10.2 Å². The maximum atomic E-state index is 9.47. The van der Waals surface area contributed by atoms with Crippen molar-refractivity contribution in [3.63, 3.8) is 0 Å². The number of hydrogen-bond donors (Lipinski definition) is 4. The summed E-state index contributed by atoms with van der Waals surface area (Å²) in [6.07, 6.45) is -1.09. The molecule has 2 rings (SSSR count). The first-order chi connectivity index (χ1) is 10.4. The van der Waals surface area contributed by atoms with E-state index < -0.39 is 12.2 Å². The summed E-state index contributed by atoms with van der Waals surface area (Å²) in [6, 6.07) is 18.4. The zero-order valence-corrected chi connectivity index (χ0v) is 14.4. The zero-order valence-electron chi connectivity index (χ0n) is 13.5. The van der Waals surface area contributed by atoms with Gasteiger partial charge in [0, 0.05) is 12.1 Å². The van der Waals surface area contributed by atoms with Crippen molar-refractivity contribution in [2.24, 2.45) is 11.5 Å². The number of benzene rings is 2.